The number of aromatic nitrogens is 1. The van der Waals surface area contributed by atoms with Crippen molar-refractivity contribution >= 4 is 23.3 Å². The van der Waals surface area contributed by atoms with Crippen molar-refractivity contribution in [1.82, 2.24) is 9.88 Å². The largest absolute Gasteiger partial charge is 0.383 e. The van der Waals surface area contributed by atoms with E-state index in [1.54, 1.807) is 32.2 Å². The van der Waals surface area contributed by atoms with Crippen LogP contribution in [0.1, 0.15) is 10.4 Å². The van der Waals surface area contributed by atoms with Gasteiger partial charge in [-0.1, -0.05) is 11.6 Å². The van der Waals surface area contributed by atoms with Gasteiger partial charge in [0, 0.05) is 33.9 Å². The average molecular weight is 258 g/mol. The maximum atomic E-state index is 12.0. The van der Waals surface area contributed by atoms with Gasteiger partial charge in [-0.15, -0.1) is 0 Å². The number of halogens is 1. The lowest BCUT2D eigenvalue weighted by molar-refractivity contribution is 0.0744. The summed E-state index contributed by atoms with van der Waals surface area (Å²) in [5.74, 6) is 0.432. The van der Waals surface area contributed by atoms with Crippen LogP contribution in [0.2, 0.25) is 5.02 Å². The first kappa shape index (κ1) is 13.7. The number of amides is 1. The van der Waals surface area contributed by atoms with Crippen LogP contribution in [-0.4, -0.2) is 50.1 Å². The van der Waals surface area contributed by atoms with Crippen molar-refractivity contribution in [2.45, 2.75) is 0 Å². The van der Waals surface area contributed by atoms with Crippen molar-refractivity contribution < 1.29 is 9.53 Å². The Labute approximate surface area is 106 Å². The van der Waals surface area contributed by atoms with Crippen LogP contribution >= 0.6 is 11.6 Å². The molecule has 1 N–H and O–H groups in total. The highest BCUT2D eigenvalue weighted by molar-refractivity contribution is 6.33. The molecular formula is C11H16ClN3O2. The predicted octanol–water partition coefficient (Wildman–Crippen LogP) is 1.50. The van der Waals surface area contributed by atoms with Gasteiger partial charge in [0.1, 0.15) is 5.82 Å². The lowest BCUT2D eigenvalue weighted by Crippen LogP contribution is -2.30. The Balaban J connectivity index is 2.78. The minimum Gasteiger partial charge on any atom is -0.383 e. The summed E-state index contributed by atoms with van der Waals surface area (Å²) in [6.45, 7) is 1.03. The molecule has 94 valence electrons. The first-order valence-corrected chi connectivity index (χ1v) is 5.55. The van der Waals surface area contributed by atoms with Crippen LogP contribution in [0, 0.1) is 0 Å². The number of carbonyl (C=O) groups is 1. The van der Waals surface area contributed by atoms with Crippen molar-refractivity contribution in [2.75, 3.05) is 39.7 Å². The highest BCUT2D eigenvalue weighted by atomic mass is 35.5. The van der Waals surface area contributed by atoms with E-state index in [9.17, 15) is 4.79 Å². The Morgan fingerprint density at radius 1 is 1.65 bits per heavy atom. The van der Waals surface area contributed by atoms with E-state index in [-0.39, 0.29) is 5.91 Å². The number of carbonyl (C=O) groups excluding carboxylic acids is 1. The summed E-state index contributed by atoms with van der Waals surface area (Å²) in [6, 6.07) is 1.60. The van der Waals surface area contributed by atoms with Gasteiger partial charge in [0.25, 0.3) is 5.91 Å². The Morgan fingerprint density at radius 2 is 2.35 bits per heavy atom. The molecule has 0 atom stereocenters. The third kappa shape index (κ3) is 3.57. The van der Waals surface area contributed by atoms with Crippen molar-refractivity contribution in [1.29, 1.82) is 0 Å². The lowest BCUT2D eigenvalue weighted by Gasteiger charge is -2.16. The van der Waals surface area contributed by atoms with Gasteiger partial charge >= 0.3 is 0 Å². The fourth-order valence-corrected chi connectivity index (χ4v) is 1.55. The van der Waals surface area contributed by atoms with Crippen LogP contribution in [0.15, 0.2) is 12.3 Å². The maximum Gasteiger partial charge on any atom is 0.255 e. The zero-order valence-electron chi connectivity index (χ0n) is 10.2. The zero-order chi connectivity index (χ0) is 12.8. The summed E-state index contributed by atoms with van der Waals surface area (Å²) in [5.41, 5.74) is 0.465. The third-order valence-corrected chi connectivity index (χ3v) is 2.59. The molecular weight excluding hydrogens is 242 g/mol. The van der Waals surface area contributed by atoms with Crippen LogP contribution in [0.4, 0.5) is 5.82 Å². The van der Waals surface area contributed by atoms with Gasteiger partial charge in [0.05, 0.1) is 17.2 Å². The average Bonchev–Trinajstić information content (AvgIpc) is 2.34. The molecule has 0 aliphatic rings. The molecule has 1 aromatic rings. The van der Waals surface area contributed by atoms with E-state index < -0.39 is 0 Å². The first-order chi connectivity index (χ1) is 8.10. The van der Waals surface area contributed by atoms with E-state index in [0.717, 1.165) is 0 Å². The SMILES string of the molecule is CNc1ncc(C(=O)N(C)CCOC)cc1Cl. The number of methoxy groups -OCH3 is 1. The molecule has 0 aromatic carbocycles. The molecule has 0 aliphatic heterocycles. The molecule has 1 heterocycles. The van der Waals surface area contributed by atoms with E-state index in [2.05, 4.69) is 10.3 Å². The second-order valence-corrected chi connectivity index (χ2v) is 3.93. The molecule has 0 bridgehead atoms. The number of anilines is 1. The Kier molecular flexibility index (Phi) is 5.18. The predicted molar refractivity (Wildman–Crippen MR) is 67.6 cm³/mol. The molecule has 0 unspecified atom stereocenters. The Morgan fingerprint density at radius 3 is 2.88 bits per heavy atom. The monoisotopic (exact) mass is 257 g/mol. The summed E-state index contributed by atoms with van der Waals surface area (Å²) in [6.07, 6.45) is 1.50. The molecule has 0 radical (unpaired) electrons. The van der Waals surface area contributed by atoms with Crippen molar-refractivity contribution in [3.8, 4) is 0 Å². The summed E-state index contributed by atoms with van der Waals surface area (Å²) in [5, 5.41) is 3.27. The van der Waals surface area contributed by atoms with Crippen LogP contribution in [0.3, 0.4) is 0 Å². The molecule has 5 nitrogen and oxygen atoms in total. The lowest BCUT2D eigenvalue weighted by atomic mass is 10.2. The number of pyridine rings is 1. The van der Waals surface area contributed by atoms with E-state index in [1.165, 1.54) is 6.20 Å². The molecule has 1 aromatic heterocycles. The second kappa shape index (κ2) is 6.42. The van der Waals surface area contributed by atoms with Gasteiger partial charge < -0.3 is 15.0 Å². The van der Waals surface area contributed by atoms with Crippen LogP contribution in [0.5, 0.6) is 0 Å². The smallest absolute Gasteiger partial charge is 0.255 e. The van der Waals surface area contributed by atoms with Crippen LogP contribution < -0.4 is 5.32 Å². The van der Waals surface area contributed by atoms with E-state index in [1.807, 2.05) is 0 Å². The third-order valence-electron chi connectivity index (χ3n) is 2.30. The minimum atomic E-state index is -0.126. The number of rotatable bonds is 5. The van der Waals surface area contributed by atoms with Crippen LogP contribution in [-0.2, 0) is 4.74 Å². The molecule has 0 spiro atoms. The molecule has 6 heteroatoms. The summed E-state index contributed by atoms with van der Waals surface area (Å²) in [7, 11) is 5.03. The number of hydrogen-bond donors (Lipinski definition) is 1. The molecule has 0 saturated carbocycles. The second-order valence-electron chi connectivity index (χ2n) is 3.52. The number of nitrogens with zero attached hydrogens (tertiary/aromatic N) is 2. The van der Waals surface area contributed by atoms with Crippen LogP contribution in [0.25, 0.3) is 0 Å². The van der Waals surface area contributed by atoms with Gasteiger partial charge in [0.2, 0.25) is 0 Å². The number of likely N-dealkylation sites (N-methyl/N-ethyl adjacent to an activating group) is 1. The number of ether oxygens (including phenoxy) is 1. The molecule has 1 amide bonds. The van der Waals surface area contributed by atoms with E-state index in [0.29, 0.717) is 29.6 Å². The Bertz CT molecular complexity index is 398. The number of nitrogens with one attached hydrogen (secondary N) is 1. The normalized spacial score (nSPS) is 10.1. The van der Waals surface area contributed by atoms with Crippen molar-refractivity contribution in [3.05, 3.63) is 22.8 Å². The zero-order valence-corrected chi connectivity index (χ0v) is 10.9. The van der Waals surface area contributed by atoms with E-state index in [4.69, 9.17) is 16.3 Å². The summed E-state index contributed by atoms with van der Waals surface area (Å²) < 4.78 is 4.91. The first-order valence-electron chi connectivity index (χ1n) is 5.17. The quantitative estimate of drug-likeness (QED) is 0.869. The highest BCUT2D eigenvalue weighted by Gasteiger charge is 2.13. The van der Waals surface area contributed by atoms with Crippen molar-refractivity contribution in [3.63, 3.8) is 0 Å². The minimum absolute atomic E-state index is 0.126. The highest BCUT2D eigenvalue weighted by Crippen LogP contribution is 2.19. The van der Waals surface area contributed by atoms with Gasteiger partial charge in [-0.05, 0) is 6.07 Å². The summed E-state index contributed by atoms with van der Waals surface area (Å²) in [4.78, 5) is 17.6. The van der Waals surface area contributed by atoms with Crippen molar-refractivity contribution in [2.24, 2.45) is 0 Å². The fraction of sp³-hybridized carbons (Fsp3) is 0.455. The number of hydrogen-bond acceptors (Lipinski definition) is 4. The molecule has 0 aliphatic carbocycles. The van der Waals surface area contributed by atoms with Gasteiger partial charge in [-0.2, -0.15) is 0 Å². The molecule has 0 fully saturated rings. The molecule has 17 heavy (non-hydrogen) atoms. The van der Waals surface area contributed by atoms with Gasteiger partial charge in [0.15, 0.2) is 0 Å². The van der Waals surface area contributed by atoms with Gasteiger partial charge in [-0.3, -0.25) is 4.79 Å². The molecule has 0 saturated heterocycles. The maximum absolute atomic E-state index is 12.0. The van der Waals surface area contributed by atoms with E-state index >= 15 is 0 Å². The molecule has 1 rings (SSSR count). The summed E-state index contributed by atoms with van der Waals surface area (Å²) >= 11 is 5.96. The Hall–Kier alpha value is -1.33. The van der Waals surface area contributed by atoms with Gasteiger partial charge in [-0.25, -0.2) is 4.98 Å². The topological polar surface area (TPSA) is 54.5 Å². The standard InChI is InChI=1S/C11H16ClN3O2/c1-13-10-9(12)6-8(7-14-10)11(16)15(2)4-5-17-3/h6-7H,4-5H2,1-3H3,(H,13,14). The fourth-order valence-electron chi connectivity index (χ4n) is 1.29.